The van der Waals surface area contributed by atoms with Gasteiger partial charge < -0.3 is 14.6 Å². The van der Waals surface area contributed by atoms with Gasteiger partial charge in [0, 0.05) is 12.5 Å². The van der Waals surface area contributed by atoms with Crippen LogP contribution in [0.25, 0.3) is 0 Å². The van der Waals surface area contributed by atoms with Crippen LogP contribution in [0.1, 0.15) is 19.8 Å². The van der Waals surface area contributed by atoms with Gasteiger partial charge in [0.2, 0.25) is 0 Å². The van der Waals surface area contributed by atoms with E-state index in [1.54, 1.807) is 13.0 Å². The SMILES string of the molecule is CC=CC(=O)OCCCOC(=O)CC(=O)O. The van der Waals surface area contributed by atoms with E-state index in [-0.39, 0.29) is 13.2 Å². The number of ether oxygens (including phenoxy) is 2. The van der Waals surface area contributed by atoms with Crippen LogP contribution in [0.5, 0.6) is 0 Å². The van der Waals surface area contributed by atoms with E-state index < -0.39 is 24.3 Å². The third-order valence-corrected chi connectivity index (χ3v) is 1.39. The van der Waals surface area contributed by atoms with Crippen LogP contribution < -0.4 is 0 Å². The fourth-order valence-electron chi connectivity index (χ4n) is 0.776. The van der Waals surface area contributed by atoms with E-state index in [0.29, 0.717) is 6.42 Å². The highest BCUT2D eigenvalue weighted by atomic mass is 16.5. The zero-order valence-corrected chi connectivity index (χ0v) is 8.97. The molecule has 0 fully saturated rings. The summed E-state index contributed by atoms with van der Waals surface area (Å²) in [5.41, 5.74) is 0. The highest BCUT2D eigenvalue weighted by Crippen LogP contribution is 1.91. The zero-order valence-electron chi connectivity index (χ0n) is 8.97. The first-order valence-electron chi connectivity index (χ1n) is 4.73. The molecule has 0 unspecified atom stereocenters. The number of carbonyl (C=O) groups is 3. The molecule has 0 amide bonds. The Labute approximate surface area is 92.8 Å². The molecule has 0 saturated carbocycles. The second-order valence-electron chi connectivity index (χ2n) is 2.81. The molecule has 0 rings (SSSR count). The topological polar surface area (TPSA) is 89.9 Å². The summed E-state index contributed by atoms with van der Waals surface area (Å²) < 4.78 is 9.28. The van der Waals surface area contributed by atoms with Crippen molar-refractivity contribution in [2.24, 2.45) is 0 Å². The molecule has 0 aliphatic carbocycles. The first kappa shape index (κ1) is 14.2. The zero-order chi connectivity index (χ0) is 12.4. The standard InChI is InChI=1S/C10H14O6/c1-2-4-9(13)15-5-3-6-16-10(14)7-8(11)12/h2,4H,3,5-7H2,1H3,(H,11,12). The van der Waals surface area contributed by atoms with Crippen molar-refractivity contribution in [2.75, 3.05) is 13.2 Å². The number of rotatable bonds is 7. The Morgan fingerprint density at radius 1 is 1.19 bits per heavy atom. The maximum absolute atomic E-state index is 10.8. The van der Waals surface area contributed by atoms with Crippen molar-refractivity contribution >= 4 is 17.9 Å². The van der Waals surface area contributed by atoms with Crippen molar-refractivity contribution in [1.82, 2.24) is 0 Å². The number of carbonyl (C=O) groups excluding carboxylic acids is 2. The van der Waals surface area contributed by atoms with Crippen LogP contribution >= 0.6 is 0 Å². The van der Waals surface area contributed by atoms with E-state index in [9.17, 15) is 14.4 Å². The molecule has 0 aliphatic rings. The van der Waals surface area contributed by atoms with Gasteiger partial charge in [-0.2, -0.15) is 0 Å². The van der Waals surface area contributed by atoms with E-state index in [1.807, 2.05) is 0 Å². The average molecular weight is 230 g/mol. The van der Waals surface area contributed by atoms with Crippen LogP contribution in [0.3, 0.4) is 0 Å². The third-order valence-electron chi connectivity index (χ3n) is 1.39. The molecule has 0 radical (unpaired) electrons. The molecule has 0 atom stereocenters. The Hall–Kier alpha value is -1.85. The monoisotopic (exact) mass is 230 g/mol. The van der Waals surface area contributed by atoms with Gasteiger partial charge >= 0.3 is 17.9 Å². The molecular formula is C10H14O6. The summed E-state index contributed by atoms with van der Waals surface area (Å²) in [5.74, 6) is -2.49. The minimum atomic E-state index is -1.23. The third kappa shape index (κ3) is 8.74. The van der Waals surface area contributed by atoms with Crippen LogP contribution in [0, 0.1) is 0 Å². The number of hydrogen-bond donors (Lipinski definition) is 1. The second-order valence-corrected chi connectivity index (χ2v) is 2.81. The summed E-state index contributed by atoms with van der Waals surface area (Å²) >= 11 is 0. The molecule has 0 aromatic carbocycles. The maximum atomic E-state index is 10.8. The van der Waals surface area contributed by atoms with E-state index in [2.05, 4.69) is 4.74 Å². The highest BCUT2D eigenvalue weighted by molar-refractivity contribution is 5.90. The molecule has 0 heterocycles. The van der Waals surface area contributed by atoms with Gasteiger partial charge in [-0.3, -0.25) is 9.59 Å². The molecule has 0 saturated heterocycles. The van der Waals surface area contributed by atoms with Crippen LogP contribution in [0.4, 0.5) is 0 Å². The number of allylic oxidation sites excluding steroid dienone is 1. The molecule has 0 bridgehead atoms. The maximum Gasteiger partial charge on any atom is 0.330 e. The molecule has 0 aromatic rings. The summed E-state index contributed by atoms with van der Waals surface area (Å²) in [4.78, 5) is 31.6. The normalized spacial score (nSPS) is 10.1. The first-order chi connectivity index (χ1) is 7.56. The minimum Gasteiger partial charge on any atom is -0.481 e. The summed E-state index contributed by atoms with van der Waals surface area (Å²) in [6.07, 6.45) is 2.51. The predicted molar refractivity (Wildman–Crippen MR) is 53.6 cm³/mol. The van der Waals surface area contributed by atoms with Gasteiger partial charge in [-0.15, -0.1) is 0 Å². The van der Waals surface area contributed by atoms with Crippen LogP contribution in [0.2, 0.25) is 0 Å². The average Bonchev–Trinajstić information content (AvgIpc) is 2.16. The fourth-order valence-corrected chi connectivity index (χ4v) is 0.776. The number of carboxylic acid groups (broad SMARTS) is 1. The number of carboxylic acids is 1. The lowest BCUT2D eigenvalue weighted by Crippen LogP contribution is -2.12. The molecule has 1 N–H and O–H groups in total. The summed E-state index contributed by atoms with van der Waals surface area (Å²) in [7, 11) is 0. The van der Waals surface area contributed by atoms with Gasteiger partial charge in [-0.25, -0.2) is 4.79 Å². The van der Waals surface area contributed by atoms with E-state index in [4.69, 9.17) is 9.84 Å². The van der Waals surface area contributed by atoms with Crippen molar-refractivity contribution in [3.63, 3.8) is 0 Å². The molecule has 90 valence electrons. The van der Waals surface area contributed by atoms with Gasteiger partial charge in [0.1, 0.15) is 6.42 Å². The van der Waals surface area contributed by atoms with Gasteiger partial charge in [-0.1, -0.05) is 6.08 Å². The van der Waals surface area contributed by atoms with Gasteiger partial charge in [-0.05, 0) is 6.92 Å². The fraction of sp³-hybridized carbons (Fsp3) is 0.500. The first-order valence-corrected chi connectivity index (χ1v) is 4.73. The molecule has 6 nitrogen and oxygen atoms in total. The summed E-state index contributed by atoms with van der Waals surface area (Å²) in [6, 6.07) is 0. The second kappa shape index (κ2) is 8.46. The predicted octanol–water partition coefficient (Wildman–Crippen LogP) is 0.514. The van der Waals surface area contributed by atoms with Crippen molar-refractivity contribution in [1.29, 1.82) is 0 Å². The number of esters is 2. The van der Waals surface area contributed by atoms with Gasteiger partial charge in [0.15, 0.2) is 0 Å². The van der Waals surface area contributed by atoms with E-state index >= 15 is 0 Å². The lowest BCUT2D eigenvalue weighted by molar-refractivity contribution is -0.151. The largest absolute Gasteiger partial charge is 0.481 e. The van der Waals surface area contributed by atoms with E-state index in [0.717, 1.165) is 0 Å². The molecule has 6 heteroatoms. The van der Waals surface area contributed by atoms with Crippen molar-refractivity contribution in [3.8, 4) is 0 Å². The lowest BCUT2D eigenvalue weighted by atomic mass is 10.4. The van der Waals surface area contributed by atoms with Crippen molar-refractivity contribution < 1.29 is 29.0 Å². The van der Waals surface area contributed by atoms with E-state index in [1.165, 1.54) is 6.08 Å². The Morgan fingerprint density at radius 2 is 1.81 bits per heavy atom. The molecule has 0 aromatic heterocycles. The number of aliphatic carboxylic acids is 1. The van der Waals surface area contributed by atoms with Crippen LogP contribution in [-0.2, 0) is 23.9 Å². The van der Waals surface area contributed by atoms with Gasteiger partial charge in [0.25, 0.3) is 0 Å². The summed E-state index contributed by atoms with van der Waals surface area (Å²) in [5, 5.41) is 8.24. The quantitative estimate of drug-likeness (QED) is 0.296. The molecule has 0 spiro atoms. The Balaban J connectivity index is 3.43. The smallest absolute Gasteiger partial charge is 0.330 e. The Kier molecular flexibility index (Phi) is 7.48. The number of hydrogen-bond acceptors (Lipinski definition) is 5. The van der Waals surface area contributed by atoms with Crippen molar-refractivity contribution in [3.05, 3.63) is 12.2 Å². The lowest BCUT2D eigenvalue weighted by Gasteiger charge is -2.03. The molecular weight excluding hydrogens is 216 g/mol. The summed E-state index contributed by atoms with van der Waals surface area (Å²) in [6.45, 7) is 1.85. The molecule has 16 heavy (non-hydrogen) atoms. The van der Waals surface area contributed by atoms with Gasteiger partial charge in [0.05, 0.1) is 13.2 Å². The highest BCUT2D eigenvalue weighted by Gasteiger charge is 2.08. The minimum absolute atomic E-state index is 0.0369. The Bertz CT molecular complexity index is 281. The Morgan fingerprint density at radius 3 is 2.38 bits per heavy atom. The van der Waals surface area contributed by atoms with Crippen LogP contribution in [0.15, 0.2) is 12.2 Å². The van der Waals surface area contributed by atoms with Crippen LogP contribution in [-0.4, -0.2) is 36.2 Å². The molecule has 0 aliphatic heterocycles. The van der Waals surface area contributed by atoms with Crippen molar-refractivity contribution in [2.45, 2.75) is 19.8 Å².